The van der Waals surface area contributed by atoms with Crippen LogP contribution in [0.25, 0.3) is 0 Å². The van der Waals surface area contributed by atoms with Crippen molar-refractivity contribution in [1.29, 1.82) is 0 Å². The Bertz CT molecular complexity index is 234. The number of ether oxygens (including phenoxy) is 1. The topological polar surface area (TPSA) is 44.8 Å². The number of carbonyl (C=O) groups excluding carboxylic acids is 1. The third-order valence-corrected chi connectivity index (χ3v) is 2.92. The molecule has 5 nitrogen and oxygen atoms in total. The van der Waals surface area contributed by atoms with E-state index in [2.05, 4.69) is 12.2 Å². The number of piperazine rings is 1. The molecule has 94 valence electrons. The number of halogens is 1. The molecule has 2 saturated heterocycles. The predicted octanol–water partition coefficient (Wildman–Crippen LogP) is 0.154. The van der Waals surface area contributed by atoms with Crippen molar-refractivity contribution >= 4 is 18.4 Å². The van der Waals surface area contributed by atoms with Crippen LogP contribution >= 0.6 is 12.4 Å². The second kappa shape index (κ2) is 6.27. The molecule has 2 aliphatic heterocycles. The zero-order chi connectivity index (χ0) is 10.7. The fourth-order valence-corrected chi connectivity index (χ4v) is 2.06. The molecule has 0 radical (unpaired) electrons. The first kappa shape index (κ1) is 13.5. The number of hydrogen-bond donors (Lipinski definition) is 1. The van der Waals surface area contributed by atoms with Crippen LogP contribution in [0.1, 0.15) is 6.92 Å². The minimum absolute atomic E-state index is 0. The molecular weight excluding hydrogens is 230 g/mol. The monoisotopic (exact) mass is 249 g/mol. The van der Waals surface area contributed by atoms with Crippen LogP contribution in [0.5, 0.6) is 0 Å². The van der Waals surface area contributed by atoms with Crippen LogP contribution in [0, 0.1) is 0 Å². The molecule has 2 aliphatic rings. The smallest absolute Gasteiger partial charge is 0.320 e. The molecule has 0 aromatic heterocycles. The molecule has 0 aliphatic carbocycles. The van der Waals surface area contributed by atoms with Gasteiger partial charge in [0.25, 0.3) is 0 Å². The van der Waals surface area contributed by atoms with Gasteiger partial charge in [-0.15, -0.1) is 12.4 Å². The summed E-state index contributed by atoms with van der Waals surface area (Å²) in [6, 6.07) is 0.579. The maximum absolute atomic E-state index is 12.1. The van der Waals surface area contributed by atoms with Crippen molar-refractivity contribution in [2.75, 3.05) is 45.9 Å². The maximum Gasteiger partial charge on any atom is 0.320 e. The van der Waals surface area contributed by atoms with E-state index in [1.54, 1.807) is 0 Å². The average Bonchev–Trinajstić information content (AvgIpc) is 2.29. The number of rotatable bonds is 0. The normalized spacial score (nSPS) is 26.2. The second-order valence-electron chi connectivity index (χ2n) is 4.18. The number of urea groups is 1. The van der Waals surface area contributed by atoms with Crippen molar-refractivity contribution in [3.8, 4) is 0 Å². The summed E-state index contributed by atoms with van der Waals surface area (Å²) >= 11 is 0. The molecule has 0 spiro atoms. The van der Waals surface area contributed by atoms with Crippen LogP contribution in [-0.4, -0.2) is 67.8 Å². The zero-order valence-corrected chi connectivity index (χ0v) is 10.5. The van der Waals surface area contributed by atoms with Gasteiger partial charge in [-0.05, 0) is 6.92 Å². The lowest BCUT2D eigenvalue weighted by atomic mass is 10.2. The minimum atomic E-state index is 0. The summed E-state index contributed by atoms with van der Waals surface area (Å²) < 4.78 is 5.23. The van der Waals surface area contributed by atoms with Crippen LogP contribution in [0.2, 0.25) is 0 Å². The Kier molecular flexibility index (Phi) is 5.31. The molecule has 0 aromatic carbocycles. The van der Waals surface area contributed by atoms with E-state index in [9.17, 15) is 4.79 Å². The van der Waals surface area contributed by atoms with Crippen molar-refractivity contribution in [3.05, 3.63) is 0 Å². The quantitative estimate of drug-likeness (QED) is 0.665. The molecule has 2 heterocycles. The van der Waals surface area contributed by atoms with Crippen molar-refractivity contribution in [2.45, 2.75) is 13.0 Å². The van der Waals surface area contributed by atoms with Crippen LogP contribution in [0.15, 0.2) is 0 Å². The largest absolute Gasteiger partial charge is 0.378 e. The van der Waals surface area contributed by atoms with Crippen molar-refractivity contribution in [2.24, 2.45) is 0 Å². The molecule has 2 rings (SSSR count). The van der Waals surface area contributed by atoms with Crippen molar-refractivity contribution < 1.29 is 9.53 Å². The molecule has 0 bridgehead atoms. The molecule has 1 N–H and O–H groups in total. The van der Waals surface area contributed by atoms with Gasteiger partial charge in [-0.1, -0.05) is 0 Å². The van der Waals surface area contributed by atoms with Crippen molar-refractivity contribution in [1.82, 2.24) is 15.1 Å². The highest BCUT2D eigenvalue weighted by Gasteiger charge is 2.25. The van der Waals surface area contributed by atoms with Gasteiger partial charge in [0, 0.05) is 38.8 Å². The van der Waals surface area contributed by atoms with E-state index in [0.717, 1.165) is 32.7 Å². The van der Waals surface area contributed by atoms with Crippen LogP contribution in [-0.2, 0) is 4.74 Å². The highest BCUT2D eigenvalue weighted by atomic mass is 35.5. The predicted molar refractivity (Wildman–Crippen MR) is 64.1 cm³/mol. The Hall–Kier alpha value is -0.520. The van der Waals surface area contributed by atoms with E-state index in [-0.39, 0.29) is 18.4 Å². The molecule has 1 atom stereocenters. The second-order valence-corrected chi connectivity index (χ2v) is 4.18. The summed E-state index contributed by atoms with van der Waals surface area (Å²) in [5.41, 5.74) is 0. The molecule has 16 heavy (non-hydrogen) atoms. The van der Waals surface area contributed by atoms with E-state index >= 15 is 0 Å². The van der Waals surface area contributed by atoms with Crippen molar-refractivity contribution in [3.63, 3.8) is 0 Å². The Morgan fingerprint density at radius 3 is 2.56 bits per heavy atom. The summed E-state index contributed by atoms with van der Waals surface area (Å²) in [6.45, 7) is 7.46. The lowest BCUT2D eigenvalue weighted by molar-refractivity contribution is 0.0410. The van der Waals surface area contributed by atoms with Gasteiger partial charge in [0.05, 0.1) is 13.2 Å². The molecule has 6 heteroatoms. The standard InChI is InChI=1S/C10H19N3O2.ClH/c1-9-8-13(3-2-11-9)10(14)12-4-6-15-7-5-12;/h9,11H,2-8H2,1H3;1H/t9-;/m0./s1. The summed E-state index contributed by atoms with van der Waals surface area (Å²) in [6.07, 6.45) is 0. The number of morpholine rings is 1. The molecular formula is C10H20ClN3O2. The Balaban J connectivity index is 0.00000128. The Morgan fingerprint density at radius 1 is 1.25 bits per heavy atom. The number of nitrogens with one attached hydrogen (secondary N) is 1. The molecule has 2 amide bonds. The third-order valence-electron chi connectivity index (χ3n) is 2.92. The van der Waals surface area contributed by atoms with E-state index in [0.29, 0.717) is 19.3 Å². The average molecular weight is 250 g/mol. The first-order chi connectivity index (χ1) is 7.27. The number of amides is 2. The van der Waals surface area contributed by atoms with Gasteiger partial charge in [-0.25, -0.2) is 4.79 Å². The molecule has 0 unspecified atom stereocenters. The van der Waals surface area contributed by atoms with Gasteiger partial charge in [-0.3, -0.25) is 0 Å². The third kappa shape index (κ3) is 3.23. The fraction of sp³-hybridized carbons (Fsp3) is 0.900. The van der Waals surface area contributed by atoms with Crippen LogP contribution in [0.3, 0.4) is 0 Å². The SMILES string of the molecule is C[C@H]1CN(C(=O)N2CCOCC2)CCN1.Cl. The van der Waals surface area contributed by atoms with Gasteiger partial charge in [-0.2, -0.15) is 0 Å². The fourth-order valence-electron chi connectivity index (χ4n) is 2.06. The number of nitrogens with zero attached hydrogens (tertiary/aromatic N) is 2. The number of hydrogen-bond acceptors (Lipinski definition) is 3. The highest BCUT2D eigenvalue weighted by molar-refractivity contribution is 5.85. The Morgan fingerprint density at radius 2 is 1.94 bits per heavy atom. The molecule has 0 saturated carbocycles. The first-order valence-electron chi connectivity index (χ1n) is 5.62. The van der Waals surface area contributed by atoms with Gasteiger partial charge in [0.1, 0.15) is 0 Å². The Labute approximate surface area is 103 Å². The first-order valence-corrected chi connectivity index (χ1v) is 5.62. The van der Waals surface area contributed by atoms with E-state index in [4.69, 9.17) is 4.74 Å². The van der Waals surface area contributed by atoms with E-state index in [1.165, 1.54) is 0 Å². The number of carbonyl (C=O) groups is 1. The van der Waals surface area contributed by atoms with E-state index in [1.807, 2.05) is 9.80 Å². The van der Waals surface area contributed by atoms with Gasteiger partial charge in [0.15, 0.2) is 0 Å². The zero-order valence-electron chi connectivity index (χ0n) is 9.65. The van der Waals surface area contributed by atoms with Crippen LogP contribution < -0.4 is 5.32 Å². The highest BCUT2D eigenvalue weighted by Crippen LogP contribution is 2.06. The van der Waals surface area contributed by atoms with Crippen LogP contribution in [0.4, 0.5) is 4.79 Å². The lowest BCUT2D eigenvalue weighted by Gasteiger charge is -2.37. The lowest BCUT2D eigenvalue weighted by Crippen LogP contribution is -2.56. The summed E-state index contributed by atoms with van der Waals surface area (Å²) in [4.78, 5) is 15.9. The minimum Gasteiger partial charge on any atom is -0.378 e. The van der Waals surface area contributed by atoms with Gasteiger partial charge in [0.2, 0.25) is 0 Å². The summed E-state index contributed by atoms with van der Waals surface area (Å²) in [7, 11) is 0. The summed E-state index contributed by atoms with van der Waals surface area (Å²) in [5, 5.41) is 3.33. The summed E-state index contributed by atoms with van der Waals surface area (Å²) in [5.74, 6) is 0. The molecule has 2 fully saturated rings. The van der Waals surface area contributed by atoms with E-state index < -0.39 is 0 Å². The van der Waals surface area contributed by atoms with Gasteiger partial charge >= 0.3 is 6.03 Å². The maximum atomic E-state index is 12.1. The van der Waals surface area contributed by atoms with Gasteiger partial charge < -0.3 is 19.9 Å². The molecule has 0 aromatic rings.